The number of hydrogen-bond donors (Lipinski definition) is 2. The maximum atomic E-state index is 11.6. The Balaban J connectivity index is 2.34. The molecule has 0 radical (unpaired) electrons. The number of amides is 2. The summed E-state index contributed by atoms with van der Waals surface area (Å²) in [6.07, 6.45) is 5.85. The number of aryl methyl sites for hydroxylation is 2. The summed E-state index contributed by atoms with van der Waals surface area (Å²) in [6, 6.07) is 3.97. The van der Waals surface area contributed by atoms with Gasteiger partial charge in [-0.05, 0) is 57.6 Å². The molecular formula is C17H22N2O2. The van der Waals surface area contributed by atoms with Gasteiger partial charge >= 0.3 is 6.03 Å². The van der Waals surface area contributed by atoms with Crippen molar-refractivity contribution in [2.45, 2.75) is 33.2 Å². The average Bonchev–Trinajstić information content (AvgIpc) is 2.33. The van der Waals surface area contributed by atoms with Gasteiger partial charge in [0, 0.05) is 11.3 Å². The van der Waals surface area contributed by atoms with E-state index in [4.69, 9.17) is 4.74 Å². The van der Waals surface area contributed by atoms with Crippen molar-refractivity contribution in [1.29, 1.82) is 0 Å². The van der Waals surface area contributed by atoms with Gasteiger partial charge in [-0.2, -0.15) is 0 Å². The minimum absolute atomic E-state index is 0.186. The van der Waals surface area contributed by atoms with Crippen LogP contribution in [-0.2, 0) is 0 Å². The van der Waals surface area contributed by atoms with Crippen LogP contribution in [-0.4, -0.2) is 18.7 Å². The van der Waals surface area contributed by atoms with Crippen LogP contribution >= 0.6 is 0 Å². The number of methoxy groups -OCH3 is 1. The van der Waals surface area contributed by atoms with Gasteiger partial charge in [0.05, 0.1) is 12.6 Å². The molecule has 0 fully saturated rings. The van der Waals surface area contributed by atoms with E-state index >= 15 is 0 Å². The summed E-state index contributed by atoms with van der Waals surface area (Å²) in [7, 11) is 1.67. The molecule has 1 aromatic rings. The van der Waals surface area contributed by atoms with Crippen LogP contribution in [0.5, 0.6) is 5.75 Å². The smallest absolute Gasteiger partial charge is 0.319 e. The number of rotatable bonds is 3. The van der Waals surface area contributed by atoms with E-state index in [-0.39, 0.29) is 11.6 Å². The second kappa shape index (κ2) is 5.64. The third kappa shape index (κ3) is 3.66. The van der Waals surface area contributed by atoms with Gasteiger partial charge in [-0.15, -0.1) is 0 Å². The monoisotopic (exact) mass is 286 g/mol. The SMILES string of the molecule is COc1c(C)cc(C)cc1C=CC1=CC(C)(C)NC(=O)N1. The van der Waals surface area contributed by atoms with Gasteiger partial charge in [0.2, 0.25) is 0 Å². The molecule has 0 aromatic heterocycles. The van der Waals surface area contributed by atoms with Gasteiger partial charge in [-0.25, -0.2) is 4.79 Å². The molecule has 4 heteroatoms. The highest BCUT2D eigenvalue weighted by Gasteiger charge is 2.23. The van der Waals surface area contributed by atoms with E-state index in [1.807, 2.05) is 39.0 Å². The highest BCUT2D eigenvalue weighted by Crippen LogP contribution is 2.26. The van der Waals surface area contributed by atoms with Crippen LogP contribution in [0.4, 0.5) is 4.79 Å². The molecule has 0 saturated heterocycles. The molecule has 1 aliphatic heterocycles. The molecule has 21 heavy (non-hydrogen) atoms. The molecule has 2 N–H and O–H groups in total. The van der Waals surface area contributed by atoms with Crippen molar-refractivity contribution in [3.05, 3.63) is 46.7 Å². The van der Waals surface area contributed by atoms with Crippen molar-refractivity contribution < 1.29 is 9.53 Å². The number of nitrogens with one attached hydrogen (secondary N) is 2. The van der Waals surface area contributed by atoms with Crippen LogP contribution < -0.4 is 15.4 Å². The van der Waals surface area contributed by atoms with E-state index in [0.29, 0.717) is 0 Å². The van der Waals surface area contributed by atoms with Gasteiger partial charge in [0.15, 0.2) is 0 Å². The Morgan fingerprint density at radius 2 is 1.90 bits per heavy atom. The number of allylic oxidation sites excluding steroid dienone is 1. The van der Waals surface area contributed by atoms with Crippen molar-refractivity contribution in [3.8, 4) is 5.75 Å². The largest absolute Gasteiger partial charge is 0.496 e. The standard InChI is InChI=1S/C17H22N2O2/c1-11-8-12(2)15(21-5)13(9-11)6-7-14-10-17(3,4)19-16(20)18-14/h6-10H,1-5H3,(H2,18,19,20). The summed E-state index contributed by atoms with van der Waals surface area (Å²) in [4.78, 5) is 11.6. The summed E-state index contributed by atoms with van der Waals surface area (Å²) in [5, 5.41) is 5.63. The summed E-state index contributed by atoms with van der Waals surface area (Å²) in [5.41, 5.74) is 3.71. The molecule has 112 valence electrons. The maximum Gasteiger partial charge on any atom is 0.319 e. The first kappa shape index (κ1) is 15.2. The first-order chi connectivity index (χ1) is 9.80. The first-order valence-electron chi connectivity index (χ1n) is 6.96. The summed E-state index contributed by atoms with van der Waals surface area (Å²) >= 11 is 0. The zero-order chi connectivity index (χ0) is 15.6. The van der Waals surface area contributed by atoms with Crippen LogP contribution in [0.25, 0.3) is 6.08 Å². The minimum atomic E-state index is -0.353. The lowest BCUT2D eigenvalue weighted by Crippen LogP contribution is -2.51. The fraction of sp³-hybridized carbons (Fsp3) is 0.353. The Hall–Kier alpha value is -2.23. The van der Waals surface area contributed by atoms with Crippen LogP contribution in [0, 0.1) is 13.8 Å². The molecule has 0 saturated carbocycles. The van der Waals surface area contributed by atoms with E-state index in [2.05, 4.69) is 29.7 Å². The number of ether oxygens (including phenoxy) is 1. The number of benzene rings is 1. The van der Waals surface area contributed by atoms with Crippen LogP contribution in [0.1, 0.15) is 30.5 Å². The Labute approximate surface area is 125 Å². The van der Waals surface area contributed by atoms with Crippen molar-refractivity contribution in [1.82, 2.24) is 10.6 Å². The highest BCUT2D eigenvalue weighted by molar-refractivity contribution is 5.80. The van der Waals surface area contributed by atoms with E-state index in [9.17, 15) is 4.79 Å². The molecule has 2 amide bonds. The van der Waals surface area contributed by atoms with Gasteiger partial charge in [-0.1, -0.05) is 11.6 Å². The predicted octanol–water partition coefficient (Wildman–Crippen LogP) is 3.30. The fourth-order valence-corrected chi connectivity index (χ4v) is 2.58. The van der Waals surface area contributed by atoms with Gasteiger partial charge in [0.1, 0.15) is 5.75 Å². The molecule has 2 rings (SSSR count). The van der Waals surface area contributed by atoms with E-state index in [1.165, 1.54) is 5.56 Å². The molecular weight excluding hydrogens is 264 g/mol. The zero-order valence-corrected chi connectivity index (χ0v) is 13.2. The lowest BCUT2D eigenvalue weighted by Gasteiger charge is -2.28. The Morgan fingerprint density at radius 3 is 2.52 bits per heavy atom. The van der Waals surface area contributed by atoms with E-state index < -0.39 is 0 Å². The van der Waals surface area contributed by atoms with Crippen LogP contribution in [0.2, 0.25) is 0 Å². The number of carbonyl (C=O) groups excluding carboxylic acids is 1. The molecule has 1 aromatic carbocycles. The number of hydrogen-bond acceptors (Lipinski definition) is 2. The van der Waals surface area contributed by atoms with Gasteiger partial charge in [0.25, 0.3) is 0 Å². The normalized spacial score (nSPS) is 17.2. The minimum Gasteiger partial charge on any atom is -0.496 e. The van der Waals surface area contributed by atoms with Crippen molar-refractivity contribution in [2.75, 3.05) is 7.11 Å². The molecule has 0 unspecified atom stereocenters. The molecule has 0 aliphatic carbocycles. The Kier molecular flexibility index (Phi) is 4.07. The predicted molar refractivity (Wildman–Crippen MR) is 85.3 cm³/mol. The third-order valence-electron chi connectivity index (χ3n) is 3.30. The van der Waals surface area contributed by atoms with E-state index in [1.54, 1.807) is 7.11 Å². The fourth-order valence-electron chi connectivity index (χ4n) is 2.58. The quantitative estimate of drug-likeness (QED) is 0.895. The lowest BCUT2D eigenvalue weighted by atomic mass is 10.0. The molecule has 4 nitrogen and oxygen atoms in total. The second-order valence-electron chi connectivity index (χ2n) is 5.94. The molecule has 0 atom stereocenters. The van der Waals surface area contributed by atoms with Crippen molar-refractivity contribution in [2.24, 2.45) is 0 Å². The van der Waals surface area contributed by atoms with Crippen LogP contribution in [0.3, 0.4) is 0 Å². The molecule has 1 heterocycles. The first-order valence-corrected chi connectivity index (χ1v) is 6.96. The summed E-state index contributed by atoms with van der Waals surface area (Å²) in [6.45, 7) is 7.99. The van der Waals surface area contributed by atoms with Gasteiger partial charge in [-0.3, -0.25) is 0 Å². The van der Waals surface area contributed by atoms with Gasteiger partial charge < -0.3 is 15.4 Å². The van der Waals surface area contributed by atoms with Crippen molar-refractivity contribution in [3.63, 3.8) is 0 Å². The van der Waals surface area contributed by atoms with E-state index in [0.717, 1.165) is 22.6 Å². The molecule has 1 aliphatic rings. The summed E-state index contributed by atoms with van der Waals surface area (Å²) in [5.74, 6) is 0.858. The maximum absolute atomic E-state index is 11.6. The second-order valence-corrected chi connectivity index (χ2v) is 5.94. The number of carbonyl (C=O) groups is 1. The third-order valence-corrected chi connectivity index (χ3v) is 3.30. The number of urea groups is 1. The lowest BCUT2D eigenvalue weighted by molar-refractivity contribution is 0.234. The summed E-state index contributed by atoms with van der Waals surface area (Å²) < 4.78 is 5.46. The average molecular weight is 286 g/mol. The Bertz CT molecular complexity index is 628. The zero-order valence-electron chi connectivity index (χ0n) is 13.2. The highest BCUT2D eigenvalue weighted by atomic mass is 16.5. The van der Waals surface area contributed by atoms with Crippen molar-refractivity contribution >= 4 is 12.1 Å². The topological polar surface area (TPSA) is 50.4 Å². The molecule has 0 bridgehead atoms. The van der Waals surface area contributed by atoms with Crippen LogP contribution in [0.15, 0.2) is 30.0 Å². The Morgan fingerprint density at radius 1 is 1.19 bits per heavy atom. The molecule has 0 spiro atoms.